The molecule has 0 saturated carbocycles. The largest absolute Gasteiger partial charge is 0.573 e. The normalized spacial score (nSPS) is 12.3. The third-order valence-electron chi connectivity index (χ3n) is 3.06. The molecular weight excluding hydrogens is 365 g/mol. The second-order valence-electron chi connectivity index (χ2n) is 4.82. The zero-order chi connectivity index (χ0) is 18.2. The fourth-order valence-corrected chi connectivity index (χ4v) is 3.15. The van der Waals surface area contributed by atoms with Gasteiger partial charge in [-0.25, -0.2) is 13.2 Å². The first-order valence-corrected chi connectivity index (χ1v) is 8.13. The minimum atomic E-state index is -4.98. The average Bonchev–Trinajstić information content (AvgIpc) is 2.86. The van der Waals surface area contributed by atoms with Crippen molar-refractivity contribution in [1.82, 2.24) is 4.98 Å². The lowest BCUT2D eigenvalue weighted by molar-refractivity contribution is -0.274. The van der Waals surface area contributed by atoms with Crippen LogP contribution in [0.25, 0.3) is 11.1 Å². The highest BCUT2D eigenvalue weighted by Gasteiger charge is 2.32. The highest BCUT2D eigenvalue weighted by Crippen LogP contribution is 2.31. The third kappa shape index (κ3) is 3.76. The van der Waals surface area contributed by atoms with Crippen molar-refractivity contribution in [3.8, 4) is 5.75 Å². The average molecular weight is 374 g/mol. The Hall–Kier alpha value is -2.95. The molecule has 11 heteroatoms. The molecule has 1 heterocycles. The Bertz CT molecular complexity index is 1090. The van der Waals surface area contributed by atoms with Crippen LogP contribution in [0.5, 0.6) is 5.75 Å². The number of rotatable bonds is 4. The predicted molar refractivity (Wildman–Crippen MR) is 80.8 cm³/mol. The monoisotopic (exact) mass is 374 g/mol. The number of sulfonamides is 1. The summed E-state index contributed by atoms with van der Waals surface area (Å²) in [7, 11) is -4.25. The van der Waals surface area contributed by atoms with Crippen LogP contribution in [0, 0.1) is 0 Å². The third-order valence-corrected chi connectivity index (χ3v) is 4.42. The summed E-state index contributed by atoms with van der Waals surface area (Å²) >= 11 is 0. The van der Waals surface area contributed by atoms with Crippen LogP contribution >= 0.6 is 0 Å². The zero-order valence-electron chi connectivity index (χ0n) is 12.1. The van der Waals surface area contributed by atoms with Gasteiger partial charge in [-0.3, -0.25) is 9.71 Å². The Kier molecular flexibility index (Phi) is 3.95. The van der Waals surface area contributed by atoms with Gasteiger partial charge in [-0.05, 0) is 24.3 Å². The maximum absolute atomic E-state index is 12.4. The van der Waals surface area contributed by atoms with Crippen LogP contribution in [0.4, 0.5) is 18.9 Å². The number of oxazole rings is 1. The summed E-state index contributed by atoms with van der Waals surface area (Å²) in [5, 5.41) is 0. The number of hydrogen-bond donors (Lipinski definition) is 2. The fraction of sp³-hybridized carbons (Fsp3) is 0.0714. The van der Waals surface area contributed by atoms with Gasteiger partial charge in [0.05, 0.1) is 16.1 Å². The lowest BCUT2D eigenvalue weighted by atomic mass is 10.3. The summed E-state index contributed by atoms with van der Waals surface area (Å²) in [4.78, 5) is 13.1. The van der Waals surface area contributed by atoms with E-state index in [4.69, 9.17) is 4.42 Å². The van der Waals surface area contributed by atoms with Gasteiger partial charge in [-0.2, -0.15) is 0 Å². The number of fused-ring (bicyclic) bond motifs is 1. The van der Waals surface area contributed by atoms with E-state index in [1.807, 2.05) is 4.72 Å². The van der Waals surface area contributed by atoms with Crippen molar-refractivity contribution < 1.29 is 30.7 Å². The second-order valence-corrected chi connectivity index (χ2v) is 6.50. The van der Waals surface area contributed by atoms with Gasteiger partial charge in [-0.1, -0.05) is 12.1 Å². The molecule has 0 unspecified atom stereocenters. The number of aromatic amines is 1. The number of hydrogen-bond acceptors (Lipinski definition) is 5. The van der Waals surface area contributed by atoms with Crippen LogP contribution in [0.2, 0.25) is 0 Å². The van der Waals surface area contributed by atoms with Crippen LogP contribution in [0.15, 0.2) is 56.6 Å². The molecule has 3 aromatic rings. The summed E-state index contributed by atoms with van der Waals surface area (Å²) in [6.45, 7) is 0. The Morgan fingerprint density at radius 1 is 1.12 bits per heavy atom. The van der Waals surface area contributed by atoms with Gasteiger partial charge in [0.1, 0.15) is 0 Å². The van der Waals surface area contributed by atoms with E-state index in [1.165, 1.54) is 24.3 Å². The molecule has 0 aliphatic heterocycles. The molecule has 0 aliphatic rings. The van der Waals surface area contributed by atoms with Crippen LogP contribution in [0.1, 0.15) is 0 Å². The van der Waals surface area contributed by atoms with Crippen LogP contribution in [0.3, 0.4) is 0 Å². The number of para-hydroxylation sites is 2. The SMILES string of the molecule is O=c1[nH]c2ccc(S(=O)(=O)Nc3ccccc3OC(F)(F)F)cc2o1. The minimum absolute atomic E-state index is 0.00676. The Labute approximate surface area is 138 Å². The maximum Gasteiger partial charge on any atom is 0.573 e. The van der Waals surface area contributed by atoms with Crippen molar-refractivity contribution in [3.05, 3.63) is 53.0 Å². The molecule has 0 amide bonds. The van der Waals surface area contributed by atoms with Gasteiger partial charge < -0.3 is 9.15 Å². The molecule has 2 aromatic carbocycles. The molecule has 0 spiro atoms. The molecule has 0 atom stereocenters. The molecule has 0 bridgehead atoms. The number of aromatic nitrogens is 1. The van der Waals surface area contributed by atoms with E-state index in [2.05, 4.69) is 9.72 Å². The Balaban J connectivity index is 1.97. The van der Waals surface area contributed by atoms with E-state index in [-0.39, 0.29) is 16.0 Å². The zero-order valence-corrected chi connectivity index (χ0v) is 12.9. The summed E-state index contributed by atoms with van der Waals surface area (Å²) in [5.41, 5.74) is -0.118. The van der Waals surface area contributed by atoms with Crippen molar-refractivity contribution in [1.29, 1.82) is 0 Å². The van der Waals surface area contributed by atoms with Crippen molar-refractivity contribution >= 4 is 26.8 Å². The van der Waals surface area contributed by atoms with Crippen LogP contribution < -0.4 is 15.2 Å². The summed E-state index contributed by atoms with van der Waals surface area (Å²) in [5.74, 6) is -1.46. The predicted octanol–water partition coefficient (Wildman–Crippen LogP) is 2.82. The molecule has 0 fully saturated rings. The van der Waals surface area contributed by atoms with E-state index in [9.17, 15) is 26.4 Å². The molecule has 0 radical (unpaired) electrons. The number of ether oxygens (including phenoxy) is 1. The Morgan fingerprint density at radius 2 is 1.84 bits per heavy atom. The fourth-order valence-electron chi connectivity index (χ4n) is 2.06. The summed E-state index contributed by atoms with van der Waals surface area (Å²) in [6, 6.07) is 8.24. The molecule has 7 nitrogen and oxygen atoms in total. The first-order chi connectivity index (χ1) is 11.6. The van der Waals surface area contributed by atoms with Gasteiger partial charge in [0, 0.05) is 6.07 Å². The van der Waals surface area contributed by atoms with E-state index < -0.39 is 33.6 Å². The summed E-state index contributed by atoms with van der Waals surface area (Å²) < 4.78 is 72.6. The van der Waals surface area contributed by atoms with E-state index in [1.54, 1.807) is 0 Å². The van der Waals surface area contributed by atoms with Crippen LogP contribution in [-0.2, 0) is 10.0 Å². The molecular formula is C14H9F3N2O5S. The molecule has 25 heavy (non-hydrogen) atoms. The second kappa shape index (κ2) is 5.84. The van der Waals surface area contributed by atoms with Gasteiger partial charge in [0.15, 0.2) is 11.3 Å². The lowest BCUT2D eigenvalue weighted by Crippen LogP contribution is -2.19. The smallest absolute Gasteiger partial charge is 0.408 e. The molecule has 1 aromatic heterocycles. The Morgan fingerprint density at radius 3 is 2.56 bits per heavy atom. The van der Waals surface area contributed by atoms with Crippen molar-refractivity contribution in [2.75, 3.05) is 4.72 Å². The number of nitrogens with one attached hydrogen (secondary N) is 2. The molecule has 2 N–H and O–H groups in total. The highest BCUT2D eigenvalue weighted by atomic mass is 32.2. The number of anilines is 1. The minimum Gasteiger partial charge on any atom is -0.408 e. The van der Waals surface area contributed by atoms with Gasteiger partial charge in [-0.15, -0.1) is 13.2 Å². The van der Waals surface area contributed by atoms with E-state index in [0.29, 0.717) is 0 Å². The van der Waals surface area contributed by atoms with Gasteiger partial charge >= 0.3 is 12.1 Å². The first-order valence-electron chi connectivity index (χ1n) is 6.64. The van der Waals surface area contributed by atoms with Crippen LogP contribution in [-0.4, -0.2) is 19.8 Å². The first kappa shape index (κ1) is 16.9. The number of halogens is 3. The number of benzene rings is 2. The summed E-state index contributed by atoms with van der Waals surface area (Å²) in [6.07, 6.45) is -4.98. The standard InChI is InChI=1S/C14H9F3N2O5S/c15-14(16,17)24-11-4-2-1-3-10(11)19-25(21,22)8-5-6-9-12(7-8)23-13(20)18-9/h1-7,19H,(H,18,20). The number of H-pyrrole nitrogens is 1. The molecule has 3 rings (SSSR count). The van der Waals surface area contributed by atoms with E-state index >= 15 is 0 Å². The van der Waals surface area contributed by atoms with Crippen molar-refractivity contribution in [2.24, 2.45) is 0 Å². The van der Waals surface area contributed by atoms with Gasteiger partial charge in [0.2, 0.25) is 0 Å². The van der Waals surface area contributed by atoms with Crippen molar-refractivity contribution in [2.45, 2.75) is 11.3 Å². The molecule has 0 aliphatic carbocycles. The molecule has 0 saturated heterocycles. The van der Waals surface area contributed by atoms with Gasteiger partial charge in [0.25, 0.3) is 10.0 Å². The quantitative estimate of drug-likeness (QED) is 0.731. The number of alkyl halides is 3. The topological polar surface area (TPSA) is 101 Å². The lowest BCUT2D eigenvalue weighted by Gasteiger charge is -2.14. The van der Waals surface area contributed by atoms with Crippen molar-refractivity contribution in [3.63, 3.8) is 0 Å². The molecule has 132 valence electrons. The highest BCUT2D eigenvalue weighted by molar-refractivity contribution is 7.92. The maximum atomic E-state index is 12.4. The van der Waals surface area contributed by atoms with E-state index in [0.717, 1.165) is 18.2 Å².